The molecule has 0 radical (unpaired) electrons. The van der Waals surface area contributed by atoms with Gasteiger partial charge < -0.3 is 4.90 Å². The predicted octanol–water partition coefficient (Wildman–Crippen LogP) is 3.37. The second-order valence-corrected chi connectivity index (χ2v) is 5.75. The van der Waals surface area contributed by atoms with E-state index < -0.39 is 0 Å². The van der Waals surface area contributed by atoms with Crippen molar-refractivity contribution in [2.24, 2.45) is 5.92 Å². The second-order valence-electron chi connectivity index (χ2n) is 4.47. The molecule has 1 fully saturated rings. The third-order valence-electron chi connectivity index (χ3n) is 3.14. The van der Waals surface area contributed by atoms with Crippen LogP contribution in [0.3, 0.4) is 0 Å². The maximum atomic E-state index is 12.2. The van der Waals surface area contributed by atoms with Crippen LogP contribution in [0, 0.1) is 5.92 Å². The van der Waals surface area contributed by atoms with Crippen molar-refractivity contribution in [2.45, 2.75) is 19.3 Å². The van der Waals surface area contributed by atoms with Crippen LogP contribution in [0.25, 0.3) is 0 Å². The van der Waals surface area contributed by atoms with Gasteiger partial charge >= 0.3 is 0 Å². The molecular weight excluding hydrogens is 304 g/mol. The molecule has 0 aliphatic heterocycles. The molecular formula is C12H14BrClN2O. The van der Waals surface area contributed by atoms with E-state index in [1.807, 2.05) is 7.05 Å². The van der Waals surface area contributed by atoms with E-state index in [0.717, 1.165) is 11.0 Å². The lowest BCUT2D eigenvalue weighted by Crippen LogP contribution is -2.34. The summed E-state index contributed by atoms with van der Waals surface area (Å²) in [4.78, 5) is 17.9. The normalized spacial score (nSPS) is 15.5. The van der Waals surface area contributed by atoms with Crippen molar-refractivity contribution in [1.29, 1.82) is 0 Å². The van der Waals surface area contributed by atoms with Crippen LogP contribution in [0.2, 0.25) is 5.15 Å². The Morgan fingerprint density at radius 1 is 1.65 bits per heavy atom. The first-order valence-electron chi connectivity index (χ1n) is 5.64. The van der Waals surface area contributed by atoms with E-state index in [4.69, 9.17) is 11.6 Å². The van der Waals surface area contributed by atoms with Crippen molar-refractivity contribution in [3.8, 4) is 0 Å². The molecule has 1 aliphatic rings. The smallest absolute Gasteiger partial charge is 0.256 e. The van der Waals surface area contributed by atoms with E-state index >= 15 is 0 Å². The molecule has 17 heavy (non-hydrogen) atoms. The largest absolute Gasteiger partial charge is 0.341 e. The Labute approximate surface area is 114 Å². The van der Waals surface area contributed by atoms with Crippen molar-refractivity contribution in [2.75, 3.05) is 13.6 Å². The quantitative estimate of drug-likeness (QED) is 0.801. The lowest BCUT2D eigenvalue weighted by molar-refractivity contribution is 0.0745. The van der Waals surface area contributed by atoms with Crippen LogP contribution in [0.15, 0.2) is 16.7 Å². The maximum Gasteiger partial charge on any atom is 0.256 e. The number of pyridine rings is 1. The van der Waals surface area contributed by atoms with Gasteiger partial charge in [0.2, 0.25) is 0 Å². The molecule has 5 heteroatoms. The van der Waals surface area contributed by atoms with E-state index in [1.165, 1.54) is 19.3 Å². The molecule has 1 amide bonds. The monoisotopic (exact) mass is 316 g/mol. The number of nitrogens with zero attached hydrogens (tertiary/aromatic N) is 2. The van der Waals surface area contributed by atoms with Crippen LogP contribution in [-0.2, 0) is 0 Å². The van der Waals surface area contributed by atoms with E-state index in [0.29, 0.717) is 11.5 Å². The van der Waals surface area contributed by atoms with Crippen LogP contribution in [0.5, 0.6) is 0 Å². The number of hydrogen-bond acceptors (Lipinski definition) is 2. The standard InChI is InChI=1S/C12H14BrClN2O/c1-16(7-8-3-2-4-8)12(17)10-5-9(13)6-15-11(10)14/h5-6,8H,2-4,7H2,1H3. The molecule has 0 atom stereocenters. The average molecular weight is 318 g/mol. The maximum absolute atomic E-state index is 12.2. The number of hydrogen-bond donors (Lipinski definition) is 0. The fourth-order valence-electron chi connectivity index (χ4n) is 1.92. The van der Waals surface area contributed by atoms with E-state index in [-0.39, 0.29) is 11.1 Å². The van der Waals surface area contributed by atoms with Crippen molar-refractivity contribution in [3.05, 3.63) is 27.5 Å². The summed E-state index contributed by atoms with van der Waals surface area (Å²) in [6, 6.07) is 1.72. The highest BCUT2D eigenvalue weighted by Gasteiger charge is 2.23. The first-order valence-corrected chi connectivity index (χ1v) is 6.81. The van der Waals surface area contributed by atoms with Crippen LogP contribution >= 0.6 is 27.5 Å². The number of halogens is 2. The minimum Gasteiger partial charge on any atom is -0.341 e. The van der Waals surface area contributed by atoms with Crippen LogP contribution in [-0.4, -0.2) is 29.4 Å². The van der Waals surface area contributed by atoms with Crippen molar-refractivity contribution >= 4 is 33.4 Å². The zero-order chi connectivity index (χ0) is 12.4. The predicted molar refractivity (Wildman–Crippen MR) is 71.2 cm³/mol. The zero-order valence-electron chi connectivity index (χ0n) is 9.62. The van der Waals surface area contributed by atoms with Gasteiger partial charge in [0.25, 0.3) is 5.91 Å². The summed E-state index contributed by atoms with van der Waals surface area (Å²) in [6.45, 7) is 0.807. The molecule has 1 heterocycles. The molecule has 0 aromatic carbocycles. The summed E-state index contributed by atoms with van der Waals surface area (Å²) in [5.74, 6) is 0.596. The minimum absolute atomic E-state index is 0.0595. The van der Waals surface area contributed by atoms with Gasteiger partial charge in [-0.3, -0.25) is 4.79 Å². The number of aromatic nitrogens is 1. The lowest BCUT2D eigenvalue weighted by Gasteiger charge is -2.30. The summed E-state index contributed by atoms with van der Waals surface area (Å²) in [7, 11) is 1.82. The van der Waals surface area contributed by atoms with Crippen molar-refractivity contribution in [1.82, 2.24) is 9.88 Å². The van der Waals surface area contributed by atoms with Crippen LogP contribution in [0.4, 0.5) is 0 Å². The number of amides is 1. The molecule has 92 valence electrons. The zero-order valence-corrected chi connectivity index (χ0v) is 12.0. The lowest BCUT2D eigenvalue weighted by atomic mass is 9.85. The Bertz CT molecular complexity index is 435. The van der Waals surface area contributed by atoms with Gasteiger partial charge in [-0.1, -0.05) is 18.0 Å². The van der Waals surface area contributed by atoms with E-state index in [1.54, 1.807) is 17.2 Å². The molecule has 0 saturated heterocycles. The van der Waals surface area contributed by atoms with Crippen LogP contribution < -0.4 is 0 Å². The molecule has 1 aliphatic carbocycles. The van der Waals surface area contributed by atoms with Gasteiger partial charge in [0.1, 0.15) is 5.15 Å². The topological polar surface area (TPSA) is 33.2 Å². The SMILES string of the molecule is CN(CC1CCC1)C(=O)c1cc(Br)cnc1Cl. The van der Waals surface area contributed by atoms with E-state index in [9.17, 15) is 4.79 Å². The molecule has 1 saturated carbocycles. The Morgan fingerprint density at radius 2 is 2.35 bits per heavy atom. The van der Waals surface area contributed by atoms with Gasteiger partial charge in [-0.25, -0.2) is 4.98 Å². The first kappa shape index (κ1) is 12.8. The number of carbonyl (C=O) groups is 1. The van der Waals surface area contributed by atoms with E-state index in [2.05, 4.69) is 20.9 Å². The molecule has 0 N–H and O–H groups in total. The van der Waals surface area contributed by atoms with Gasteiger partial charge in [0, 0.05) is 24.3 Å². The van der Waals surface area contributed by atoms with Gasteiger partial charge in [0.05, 0.1) is 5.56 Å². The highest BCUT2D eigenvalue weighted by molar-refractivity contribution is 9.10. The second kappa shape index (κ2) is 5.36. The summed E-state index contributed by atoms with van der Waals surface area (Å²) in [5.41, 5.74) is 0.461. The Morgan fingerprint density at radius 3 is 2.94 bits per heavy atom. The molecule has 0 spiro atoms. The summed E-state index contributed by atoms with van der Waals surface area (Å²) < 4.78 is 0.766. The third-order valence-corrected chi connectivity index (χ3v) is 3.87. The highest BCUT2D eigenvalue weighted by Crippen LogP contribution is 2.27. The van der Waals surface area contributed by atoms with Crippen molar-refractivity contribution in [3.63, 3.8) is 0 Å². The Kier molecular flexibility index (Phi) is 4.05. The third kappa shape index (κ3) is 2.99. The molecule has 0 unspecified atom stereocenters. The molecule has 0 bridgehead atoms. The molecule has 3 nitrogen and oxygen atoms in total. The Hall–Kier alpha value is -0.610. The summed E-state index contributed by atoms with van der Waals surface area (Å²) in [5, 5.41) is 0.263. The number of rotatable bonds is 3. The van der Waals surface area contributed by atoms with Gasteiger partial charge in [0.15, 0.2) is 0 Å². The van der Waals surface area contributed by atoms with Gasteiger partial charge in [-0.2, -0.15) is 0 Å². The Balaban J connectivity index is 2.09. The summed E-state index contributed by atoms with van der Waals surface area (Å²) >= 11 is 9.24. The van der Waals surface area contributed by atoms with Crippen molar-refractivity contribution < 1.29 is 4.79 Å². The average Bonchev–Trinajstić information content (AvgIpc) is 2.25. The first-order chi connectivity index (χ1) is 8.08. The molecule has 1 aromatic heterocycles. The molecule has 2 rings (SSSR count). The highest BCUT2D eigenvalue weighted by atomic mass is 79.9. The summed E-state index contributed by atoms with van der Waals surface area (Å²) in [6.07, 6.45) is 5.32. The number of carbonyl (C=O) groups excluding carboxylic acids is 1. The minimum atomic E-state index is -0.0595. The fourth-order valence-corrected chi connectivity index (χ4v) is 2.44. The van der Waals surface area contributed by atoms with Gasteiger partial charge in [-0.15, -0.1) is 0 Å². The fraction of sp³-hybridized carbons (Fsp3) is 0.500. The molecule has 1 aromatic rings. The van der Waals surface area contributed by atoms with Crippen LogP contribution in [0.1, 0.15) is 29.6 Å². The van der Waals surface area contributed by atoms with Gasteiger partial charge in [-0.05, 0) is 40.8 Å².